The Morgan fingerprint density at radius 2 is 1.64 bits per heavy atom. The van der Waals surface area contributed by atoms with Gasteiger partial charge in [-0.05, 0) is 25.0 Å². The van der Waals surface area contributed by atoms with Crippen molar-refractivity contribution in [2.24, 2.45) is 0 Å². The van der Waals surface area contributed by atoms with E-state index in [4.69, 9.17) is 9.97 Å². The van der Waals surface area contributed by atoms with E-state index in [1.54, 1.807) is 0 Å². The van der Waals surface area contributed by atoms with Gasteiger partial charge in [-0.3, -0.25) is 4.90 Å². The van der Waals surface area contributed by atoms with Gasteiger partial charge in [0.15, 0.2) is 0 Å². The highest BCUT2D eigenvalue weighted by Crippen LogP contribution is 2.27. The molecule has 0 N–H and O–H groups in total. The first-order chi connectivity index (χ1) is 12.2. The molecule has 0 spiro atoms. The average molecular weight is 339 g/mol. The summed E-state index contributed by atoms with van der Waals surface area (Å²) in [4.78, 5) is 16.9. The summed E-state index contributed by atoms with van der Waals surface area (Å²) < 4.78 is 0. The van der Waals surface area contributed by atoms with E-state index in [-0.39, 0.29) is 0 Å². The maximum absolute atomic E-state index is 4.88. The Morgan fingerprint density at radius 3 is 2.36 bits per heavy atom. The monoisotopic (exact) mass is 339 g/mol. The van der Waals surface area contributed by atoms with Crippen LogP contribution in [0.4, 0.5) is 11.8 Å². The molecule has 5 nitrogen and oxygen atoms in total. The first-order valence-electron chi connectivity index (χ1n) is 9.65. The predicted octanol–water partition coefficient (Wildman–Crippen LogP) is 3.15. The van der Waals surface area contributed by atoms with Crippen molar-refractivity contribution < 1.29 is 0 Å². The molecule has 0 radical (unpaired) electrons. The number of aromatic nitrogens is 2. The van der Waals surface area contributed by atoms with Crippen molar-refractivity contribution in [3.63, 3.8) is 0 Å². The molecule has 25 heavy (non-hydrogen) atoms. The minimum absolute atomic E-state index is 0.811. The van der Waals surface area contributed by atoms with Gasteiger partial charge >= 0.3 is 0 Å². The number of benzene rings is 1. The van der Waals surface area contributed by atoms with Gasteiger partial charge in [0.2, 0.25) is 5.95 Å². The summed E-state index contributed by atoms with van der Waals surface area (Å²) in [6, 6.07) is 9.12. The summed E-state index contributed by atoms with van der Waals surface area (Å²) in [6.07, 6.45) is 7.01. The van der Waals surface area contributed by atoms with Crippen LogP contribution in [0.1, 0.15) is 32.1 Å². The highest BCUT2D eigenvalue weighted by Gasteiger charge is 2.26. The second kappa shape index (κ2) is 7.16. The molecule has 1 aromatic heterocycles. The molecule has 2 aromatic rings. The van der Waals surface area contributed by atoms with Crippen molar-refractivity contribution in [3.8, 4) is 0 Å². The smallest absolute Gasteiger partial charge is 0.227 e. The van der Waals surface area contributed by atoms with Crippen molar-refractivity contribution in [2.75, 3.05) is 50.1 Å². The molecule has 1 aromatic carbocycles. The summed E-state index contributed by atoms with van der Waals surface area (Å²) in [7, 11) is 4.11. The van der Waals surface area contributed by atoms with Crippen LogP contribution in [0.2, 0.25) is 0 Å². The van der Waals surface area contributed by atoms with E-state index in [9.17, 15) is 0 Å². The number of nitrogens with zero attached hydrogens (tertiary/aromatic N) is 5. The number of rotatable bonds is 3. The lowest BCUT2D eigenvalue weighted by atomic mass is 9.94. The highest BCUT2D eigenvalue weighted by molar-refractivity contribution is 5.90. The molecule has 1 aliphatic carbocycles. The van der Waals surface area contributed by atoms with Gasteiger partial charge in [-0.2, -0.15) is 4.98 Å². The maximum atomic E-state index is 4.88. The molecule has 134 valence electrons. The van der Waals surface area contributed by atoms with E-state index in [1.807, 2.05) is 0 Å². The topological polar surface area (TPSA) is 35.5 Å². The van der Waals surface area contributed by atoms with Gasteiger partial charge < -0.3 is 9.80 Å². The quantitative estimate of drug-likeness (QED) is 0.858. The molecular formula is C20H29N5. The van der Waals surface area contributed by atoms with E-state index < -0.39 is 0 Å². The fourth-order valence-corrected chi connectivity index (χ4v) is 4.26. The summed E-state index contributed by atoms with van der Waals surface area (Å²) in [5.74, 6) is 1.89. The zero-order valence-electron chi connectivity index (χ0n) is 15.5. The van der Waals surface area contributed by atoms with Crippen molar-refractivity contribution in [1.82, 2.24) is 14.9 Å². The van der Waals surface area contributed by atoms with Crippen LogP contribution >= 0.6 is 0 Å². The van der Waals surface area contributed by atoms with Gasteiger partial charge in [0.25, 0.3) is 0 Å². The molecule has 2 aliphatic rings. The third-order valence-corrected chi connectivity index (χ3v) is 5.68. The summed E-state index contributed by atoms with van der Waals surface area (Å²) in [5.41, 5.74) is 1.03. The van der Waals surface area contributed by atoms with Gasteiger partial charge in [0, 0.05) is 51.7 Å². The van der Waals surface area contributed by atoms with Crippen molar-refractivity contribution >= 4 is 22.7 Å². The normalized spacial score (nSPS) is 20.2. The predicted molar refractivity (Wildman–Crippen MR) is 105 cm³/mol. The Morgan fingerprint density at radius 1 is 0.920 bits per heavy atom. The lowest BCUT2D eigenvalue weighted by Crippen LogP contribution is -2.51. The van der Waals surface area contributed by atoms with Crippen LogP contribution in [-0.2, 0) is 0 Å². The summed E-state index contributed by atoms with van der Waals surface area (Å²) in [5, 5.41) is 1.12. The van der Waals surface area contributed by atoms with Crippen LogP contribution in [0.25, 0.3) is 10.9 Å². The molecule has 1 saturated heterocycles. The summed E-state index contributed by atoms with van der Waals surface area (Å²) in [6.45, 7) is 4.33. The minimum atomic E-state index is 0.811. The highest BCUT2D eigenvalue weighted by atomic mass is 15.3. The number of hydrogen-bond acceptors (Lipinski definition) is 5. The molecule has 0 amide bonds. The molecule has 5 heteroatoms. The molecule has 0 bridgehead atoms. The van der Waals surface area contributed by atoms with Crippen LogP contribution in [0.15, 0.2) is 24.3 Å². The van der Waals surface area contributed by atoms with E-state index in [1.165, 1.54) is 32.1 Å². The second-order valence-electron chi connectivity index (χ2n) is 7.57. The van der Waals surface area contributed by atoms with Crippen molar-refractivity contribution in [3.05, 3.63) is 24.3 Å². The molecule has 2 fully saturated rings. The number of fused-ring (bicyclic) bond motifs is 1. The van der Waals surface area contributed by atoms with Crippen molar-refractivity contribution in [2.45, 2.75) is 38.1 Å². The number of anilines is 2. The standard InChI is InChI=1S/C20H29N5/c1-23(2)19-17-10-6-7-11-18(17)21-20(22-19)25-14-12-24(13-15-25)16-8-4-3-5-9-16/h6-7,10-11,16H,3-5,8-9,12-15H2,1-2H3. The number of hydrogen-bond donors (Lipinski definition) is 0. The lowest BCUT2D eigenvalue weighted by molar-refractivity contribution is 0.147. The van der Waals surface area contributed by atoms with Crippen LogP contribution in [0.3, 0.4) is 0 Å². The zero-order valence-corrected chi connectivity index (χ0v) is 15.5. The molecule has 1 saturated carbocycles. The van der Waals surface area contributed by atoms with E-state index in [2.05, 4.69) is 53.1 Å². The zero-order chi connectivity index (χ0) is 17.2. The van der Waals surface area contributed by atoms with Gasteiger partial charge in [-0.1, -0.05) is 31.4 Å². The molecule has 4 rings (SSSR count). The van der Waals surface area contributed by atoms with Gasteiger partial charge in [0.05, 0.1) is 5.52 Å². The Bertz CT molecular complexity index is 715. The molecule has 2 heterocycles. The fourth-order valence-electron chi connectivity index (χ4n) is 4.26. The molecule has 0 atom stereocenters. The largest absolute Gasteiger partial charge is 0.362 e. The van der Waals surface area contributed by atoms with Gasteiger partial charge in [-0.25, -0.2) is 4.98 Å². The fraction of sp³-hybridized carbons (Fsp3) is 0.600. The lowest BCUT2D eigenvalue weighted by Gasteiger charge is -2.40. The Kier molecular flexibility index (Phi) is 4.75. The number of piperazine rings is 1. The third kappa shape index (κ3) is 3.43. The van der Waals surface area contributed by atoms with E-state index in [0.717, 1.165) is 54.9 Å². The SMILES string of the molecule is CN(C)c1nc(N2CCN(C3CCCCC3)CC2)nc2ccccc12. The van der Waals surface area contributed by atoms with E-state index >= 15 is 0 Å². The Labute approximate surface area is 150 Å². The average Bonchev–Trinajstić information content (AvgIpc) is 2.68. The van der Waals surface area contributed by atoms with Gasteiger partial charge in [-0.15, -0.1) is 0 Å². The van der Waals surface area contributed by atoms with E-state index in [0.29, 0.717) is 0 Å². The summed E-state index contributed by atoms with van der Waals surface area (Å²) >= 11 is 0. The van der Waals surface area contributed by atoms with Crippen LogP contribution in [0.5, 0.6) is 0 Å². The first kappa shape index (κ1) is 16.6. The molecule has 0 unspecified atom stereocenters. The molecular weight excluding hydrogens is 310 g/mol. The van der Waals surface area contributed by atoms with Crippen molar-refractivity contribution in [1.29, 1.82) is 0 Å². The molecule has 1 aliphatic heterocycles. The third-order valence-electron chi connectivity index (χ3n) is 5.68. The second-order valence-corrected chi connectivity index (χ2v) is 7.57. The minimum Gasteiger partial charge on any atom is -0.362 e. The van der Waals surface area contributed by atoms with Crippen LogP contribution in [-0.4, -0.2) is 61.2 Å². The van der Waals surface area contributed by atoms with Gasteiger partial charge in [0.1, 0.15) is 5.82 Å². The van der Waals surface area contributed by atoms with Crippen LogP contribution in [0, 0.1) is 0 Å². The maximum Gasteiger partial charge on any atom is 0.227 e. The van der Waals surface area contributed by atoms with Crippen LogP contribution < -0.4 is 9.80 Å². The number of para-hydroxylation sites is 1. The Balaban J connectivity index is 1.52. The Hall–Kier alpha value is -1.88. The first-order valence-corrected chi connectivity index (χ1v) is 9.65.